The minimum atomic E-state index is -0.966. The number of aliphatic hydroxyl groups excluding tert-OH is 2. The fourth-order valence-corrected chi connectivity index (χ4v) is 3.96. The van der Waals surface area contributed by atoms with Gasteiger partial charge in [0.1, 0.15) is 5.83 Å². The number of aromatic amines is 2. The first-order valence-electron chi connectivity index (χ1n) is 12.7. The molecule has 206 valence electrons. The first-order valence-corrected chi connectivity index (χ1v) is 12.7. The third kappa shape index (κ3) is 7.87. The Morgan fingerprint density at radius 1 is 1.11 bits per heavy atom. The predicted molar refractivity (Wildman–Crippen MR) is 148 cm³/mol. The van der Waals surface area contributed by atoms with Gasteiger partial charge in [-0.15, -0.1) is 0 Å². The van der Waals surface area contributed by atoms with Crippen molar-refractivity contribution in [2.45, 2.75) is 59.2 Å². The molecule has 10 heteroatoms. The summed E-state index contributed by atoms with van der Waals surface area (Å²) in [6.45, 7) is 7.22. The van der Waals surface area contributed by atoms with Gasteiger partial charge in [0.05, 0.1) is 29.9 Å². The topological polar surface area (TPSA) is 147 Å². The number of hydrogen-bond donors (Lipinski definition) is 6. The second-order valence-corrected chi connectivity index (χ2v) is 8.61. The number of H-pyrrole nitrogens is 2. The van der Waals surface area contributed by atoms with Gasteiger partial charge in [0.25, 0.3) is 11.5 Å². The number of rotatable bonds is 9. The second-order valence-electron chi connectivity index (χ2n) is 8.61. The first-order chi connectivity index (χ1) is 18.1. The normalized spacial score (nSPS) is 13.8. The number of halogens is 1. The largest absolute Gasteiger partial charge is 0.393 e. The highest BCUT2D eigenvalue weighted by molar-refractivity contribution is 5.99. The average molecular weight is 529 g/mol. The summed E-state index contributed by atoms with van der Waals surface area (Å²) >= 11 is 0. The Morgan fingerprint density at radius 3 is 2.45 bits per heavy atom. The molecule has 0 saturated carbocycles. The van der Waals surface area contributed by atoms with E-state index < -0.39 is 18.0 Å². The van der Waals surface area contributed by atoms with Crippen LogP contribution in [0.1, 0.15) is 57.3 Å². The molecule has 2 aromatic heterocycles. The SMILES string of the molecule is C/C=c1/[nH]c(=O)c(-c2cc3cc(C(=O)NCCC(O)CC(O)CC(=O)NC)ccc3[nH]2)c/c1=C(/C)F.CC. The summed E-state index contributed by atoms with van der Waals surface area (Å²) in [5.74, 6) is -1.08. The fraction of sp³-hybridized carbons (Fsp3) is 0.393. The van der Waals surface area contributed by atoms with Crippen LogP contribution in [0.2, 0.25) is 0 Å². The van der Waals surface area contributed by atoms with Crippen molar-refractivity contribution in [1.82, 2.24) is 20.6 Å². The van der Waals surface area contributed by atoms with E-state index in [-0.39, 0.29) is 48.7 Å². The van der Waals surface area contributed by atoms with E-state index in [0.717, 1.165) is 0 Å². The molecule has 3 aromatic rings. The molecule has 1 aromatic carbocycles. The number of carbonyl (C=O) groups is 2. The van der Waals surface area contributed by atoms with Crippen molar-refractivity contribution >= 4 is 34.6 Å². The molecule has 2 atom stereocenters. The molecule has 2 heterocycles. The zero-order chi connectivity index (χ0) is 28.4. The number of aliphatic hydroxyl groups is 2. The van der Waals surface area contributed by atoms with Gasteiger partial charge in [0.15, 0.2) is 0 Å². The third-order valence-corrected chi connectivity index (χ3v) is 5.91. The number of fused-ring (bicyclic) bond motifs is 1. The molecule has 2 unspecified atom stereocenters. The lowest BCUT2D eigenvalue weighted by Crippen LogP contribution is -2.35. The minimum Gasteiger partial charge on any atom is -0.393 e. The molecule has 3 rings (SSSR count). The molecule has 0 fully saturated rings. The average Bonchev–Trinajstić information content (AvgIpc) is 3.32. The van der Waals surface area contributed by atoms with E-state index in [2.05, 4.69) is 20.6 Å². The quantitative estimate of drug-likeness (QED) is 0.251. The van der Waals surface area contributed by atoms with Crippen LogP contribution in [0.25, 0.3) is 34.1 Å². The van der Waals surface area contributed by atoms with Gasteiger partial charge in [0.2, 0.25) is 5.91 Å². The van der Waals surface area contributed by atoms with Crippen LogP contribution in [0.4, 0.5) is 4.39 Å². The van der Waals surface area contributed by atoms with Gasteiger partial charge < -0.3 is 30.8 Å². The lowest BCUT2D eigenvalue weighted by atomic mass is 10.1. The van der Waals surface area contributed by atoms with Gasteiger partial charge in [-0.25, -0.2) is 4.39 Å². The molecule has 0 radical (unpaired) electrons. The Balaban J connectivity index is 0.00000247. The number of amides is 2. The van der Waals surface area contributed by atoms with Crippen molar-refractivity contribution in [1.29, 1.82) is 0 Å². The van der Waals surface area contributed by atoms with E-state index in [1.54, 1.807) is 37.3 Å². The van der Waals surface area contributed by atoms with Crippen LogP contribution >= 0.6 is 0 Å². The molecular formula is C28H37FN4O5. The molecule has 9 nitrogen and oxygen atoms in total. The lowest BCUT2D eigenvalue weighted by Gasteiger charge is -2.15. The Morgan fingerprint density at radius 2 is 1.82 bits per heavy atom. The summed E-state index contributed by atoms with van der Waals surface area (Å²) < 4.78 is 14.0. The summed E-state index contributed by atoms with van der Waals surface area (Å²) in [4.78, 5) is 42.3. The Bertz CT molecular complexity index is 1440. The number of pyridine rings is 1. The maximum atomic E-state index is 14.0. The molecule has 0 saturated heterocycles. The van der Waals surface area contributed by atoms with Gasteiger partial charge >= 0.3 is 0 Å². The van der Waals surface area contributed by atoms with Crippen molar-refractivity contribution in [3.8, 4) is 11.3 Å². The molecule has 0 spiro atoms. The number of hydrogen-bond acceptors (Lipinski definition) is 5. The van der Waals surface area contributed by atoms with Crippen molar-refractivity contribution in [3.05, 3.63) is 56.8 Å². The van der Waals surface area contributed by atoms with Crippen LogP contribution in [-0.2, 0) is 4.79 Å². The molecule has 0 aliphatic heterocycles. The monoisotopic (exact) mass is 528 g/mol. The first kappa shape index (κ1) is 30.5. The van der Waals surface area contributed by atoms with Crippen molar-refractivity contribution < 1.29 is 24.2 Å². The maximum Gasteiger partial charge on any atom is 0.257 e. The fourth-order valence-electron chi connectivity index (χ4n) is 3.96. The Hall–Kier alpha value is -3.76. The van der Waals surface area contributed by atoms with Crippen LogP contribution in [0.15, 0.2) is 35.1 Å². The van der Waals surface area contributed by atoms with Crippen LogP contribution in [0, 0.1) is 0 Å². The summed E-state index contributed by atoms with van der Waals surface area (Å²) in [6.07, 6.45) is -0.0607. The molecular weight excluding hydrogens is 491 g/mol. The summed E-state index contributed by atoms with van der Waals surface area (Å²) in [7, 11) is 1.47. The Labute approximate surface area is 220 Å². The molecule has 0 aliphatic carbocycles. The van der Waals surface area contributed by atoms with Crippen molar-refractivity contribution in [3.63, 3.8) is 0 Å². The van der Waals surface area contributed by atoms with E-state index in [4.69, 9.17) is 0 Å². The van der Waals surface area contributed by atoms with Gasteiger partial charge in [-0.2, -0.15) is 0 Å². The number of carbonyl (C=O) groups excluding carboxylic acids is 2. The highest BCUT2D eigenvalue weighted by Crippen LogP contribution is 2.22. The highest BCUT2D eigenvalue weighted by Gasteiger charge is 2.16. The predicted octanol–water partition coefficient (Wildman–Crippen LogP) is 1.82. The van der Waals surface area contributed by atoms with Gasteiger partial charge in [-0.3, -0.25) is 14.4 Å². The van der Waals surface area contributed by atoms with Crippen molar-refractivity contribution in [2.75, 3.05) is 13.6 Å². The van der Waals surface area contributed by atoms with Crippen LogP contribution in [0.5, 0.6) is 0 Å². The second kappa shape index (κ2) is 14.3. The number of aromatic nitrogens is 2. The van der Waals surface area contributed by atoms with Crippen LogP contribution in [0.3, 0.4) is 0 Å². The zero-order valence-corrected chi connectivity index (χ0v) is 22.4. The standard InChI is InChI=1S/C26H31FN4O5.C2H6/c1-4-21-19(14(2)27)13-20(26(36)31-21)23-10-16-9-15(5-6-22(16)30-23)25(35)29-8-7-17(32)11-18(33)12-24(34)28-3;1-2/h4-6,9-10,13,17-18,30,32-33H,7-8,11-12H2,1-3H3,(H,28,34)(H,29,35)(H,31,36);1-2H3/b19-14+,21-4+;. The molecule has 0 aliphatic rings. The summed E-state index contributed by atoms with van der Waals surface area (Å²) in [5.41, 5.74) is 1.50. The Kier molecular flexibility index (Phi) is 11.4. The van der Waals surface area contributed by atoms with Gasteiger partial charge in [0, 0.05) is 40.6 Å². The van der Waals surface area contributed by atoms with Gasteiger partial charge in [-0.1, -0.05) is 19.9 Å². The van der Waals surface area contributed by atoms with E-state index >= 15 is 0 Å². The van der Waals surface area contributed by atoms with E-state index in [0.29, 0.717) is 32.7 Å². The van der Waals surface area contributed by atoms with Crippen LogP contribution in [-0.4, -0.2) is 57.8 Å². The van der Waals surface area contributed by atoms with E-state index in [1.807, 2.05) is 13.8 Å². The summed E-state index contributed by atoms with van der Waals surface area (Å²) in [5, 5.41) is 26.4. The molecule has 0 bridgehead atoms. The number of benzene rings is 1. The lowest BCUT2D eigenvalue weighted by molar-refractivity contribution is -0.122. The molecule has 6 N–H and O–H groups in total. The van der Waals surface area contributed by atoms with E-state index in [9.17, 15) is 29.0 Å². The maximum absolute atomic E-state index is 14.0. The molecule has 38 heavy (non-hydrogen) atoms. The highest BCUT2D eigenvalue weighted by atomic mass is 19.1. The van der Waals surface area contributed by atoms with Gasteiger partial charge in [-0.05, 0) is 57.0 Å². The van der Waals surface area contributed by atoms with E-state index in [1.165, 1.54) is 20.0 Å². The number of nitrogens with one attached hydrogen (secondary N) is 4. The minimum absolute atomic E-state index is 0.0270. The zero-order valence-electron chi connectivity index (χ0n) is 22.4. The smallest absolute Gasteiger partial charge is 0.257 e. The van der Waals surface area contributed by atoms with Crippen LogP contribution < -0.4 is 26.8 Å². The van der Waals surface area contributed by atoms with Crippen molar-refractivity contribution in [2.24, 2.45) is 0 Å². The third-order valence-electron chi connectivity index (χ3n) is 5.91. The summed E-state index contributed by atoms with van der Waals surface area (Å²) in [6, 6.07) is 8.24. The molecule has 2 amide bonds.